The van der Waals surface area contributed by atoms with Crippen molar-refractivity contribution >= 4 is 17.2 Å². The number of hydrogen-bond donors (Lipinski definition) is 2. The minimum atomic E-state index is -0.0850. The number of likely N-dealkylation sites (N-methyl/N-ethyl adjacent to an activating group) is 1. The second kappa shape index (κ2) is 6.45. The Labute approximate surface area is 118 Å². The zero-order valence-electron chi connectivity index (χ0n) is 11.8. The average Bonchev–Trinajstić information content (AvgIpc) is 2.69. The largest absolute Gasteiger partial charge is 0.355 e. The minimum absolute atomic E-state index is 0.0850. The van der Waals surface area contributed by atoms with Gasteiger partial charge in [0.25, 0.3) is 0 Å². The van der Waals surface area contributed by atoms with Gasteiger partial charge in [0, 0.05) is 31.1 Å². The predicted octanol–water partition coefficient (Wildman–Crippen LogP) is 0.670. The topological polar surface area (TPSA) is 57.3 Å². The van der Waals surface area contributed by atoms with Crippen LogP contribution in [-0.2, 0) is 11.3 Å². The lowest BCUT2D eigenvalue weighted by atomic mass is 10.1. The number of aromatic nitrogens is 1. The van der Waals surface area contributed by atoms with Crippen LogP contribution in [0.4, 0.5) is 0 Å². The van der Waals surface area contributed by atoms with Gasteiger partial charge in [-0.3, -0.25) is 9.69 Å². The molecular weight excluding hydrogens is 260 g/mol. The maximum atomic E-state index is 12.1. The van der Waals surface area contributed by atoms with Crippen molar-refractivity contribution in [2.24, 2.45) is 0 Å². The number of aryl methyl sites for hydroxylation is 2. The van der Waals surface area contributed by atoms with E-state index in [-0.39, 0.29) is 11.9 Å². The number of nitrogens with one attached hydrogen (secondary N) is 2. The molecule has 1 aromatic heterocycles. The third-order valence-electron chi connectivity index (χ3n) is 3.42. The monoisotopic (exact) mass is 282 g/mol. The van der Waals surface area contributed by atoms with E-state index in [0.29, 0.717) is 6.54 Å². The summed E-state index contributed by atoms with van der Waals surface area (Å²) in [5.74, 6) is 0.111. The van der Waals surface area contributed by atoms with Gasteiger partial charge < -0.3 is 10.6 Å². The molecule has 2 N–H and O–H groups in total. The Morgan fingerprint density at radius 1 is 1.58 bits per heavy atom. The van der Waals surface area contributed by atoms with Gasteiger partial charge in [-0.05, 0) is 20.8 Å². The smallest absolute Gasteiger partial charge is 0.238 e. The molecule has 1 unspecified atom stereocenters. The number of carbonyl (C=O) groups is 1. The lowest BCUT2D eigenvalue weighted by Gasteiger charge is -2.34. The molecule has 1 aliphatic heterocycles. The first-order valence-corrected chi connectivity index (χ1v) is 7.58. The van der Waals surface area contributed by atoms with Crippen LogP contribution in [0.3, 0.4) is 0 Å². The Morgan fingerprint density at radius 3 is 3.00 bits per heavy atom. The van der Waals surface area contributed by atoms with Crippen molar-refractivity contribution in [3.05, 3.63) is 15.6 Å². The highest BCUT2D eigenvalue weighted by molar-refractivity contribution is 7.11. The van der Waals surface area contributed by atoms with E-state index in [1.807, 2.05) is 13.8 Å². The number of piperazine rings is 1. The first-order chi connectivity index (χ1) is 9.11. The summed E-state index contributed by atoms with van der Waals surface area (Å²) in [6.07, 6.45) is 0. The molecular formula is C13H22N4OS. The fourth-order valence-corrected chi connectivity index (χ4v) is 3.23. The first kappa shape index (κ1) is 14.4. The fourth-order valence-electron chi connectivity index (χ4n) is 2.27. The summed E-state index contributed by atoms with van der Waals surface area (Å²) < 4.78 is 0. The van der Waals surface area contributed by atoms with E-state index in [1.165, 1.54) is 4.88 Å². The van der Waals surface area contributed by atoms with Crippen LogP contribution in [0.2, 0.25) is 0 Å². The fraction of sp³-hybridized carbons (Fsp3) is 0.692. The summed E-state index contributed by atoms with van der Waals surface area (Å²) in [5, 5.41) is 7.30. The summed E-state index contributed by atoms with van der Waals surface area (Å²) >= 11 is 1.73. The van der Waals surface area contributed by atoms with Crippen molar-refractivity contribution in [3.63, 3.8) is 0 Å². The Balaban J connectivity index is 2.05. The maximum Gasteiger partial charge on any atom is 0.238 e. The number of thiazole rings is 1. The predicted molar refractivity (Wildman–Crippen MR) is 77.3 cm³/mol. The molecule has 0 aromatic carbocycles. The van der Waals surface area contributed by atoms with Crippen LogP contribution in [0.5, 0.6) is 0 Å². The van der Waals surface area contributed by atoms with Gasteiger partial charge in [0.05, 0.1) is 12.2 Å². The Bertz CT molecular complexity index is 426. The zero-order valence-corrected chi connectivity index (χ0v) is 12.6. The van der Waals surface area contributed by atoms with Gasteiger partial charge >= 0.3 is 0 Å². The standard InChI is InChI=1S/C13H22N4OS/c1-4-15-13(18)11-7-14-5-6-17(11)8-12-16-9(2)10(3)19-12/h11,14H,4-8H2,1-3H3,(H,15,18). The molecule has 1 atom stereocenters. The second-order valence-corrected chi connectivity index (χ2v) is 6.12. The number of amides is 1. The number of hydrogen-bond acceptors (Lipinski definition) is 5. The Kier molecular flexibility index (Phi) is 4.90. The van der Waals surface area contributed by atoms with E-state index in [2.05, 4.69) is 27.4 Å². The summed E-state index contributed by atoms with van der Waals surface area (Å²) in [4.78, 5) is 20.1. The van der Waals surface area contributed by atoms with Gasteiger partial charge in [0.1, 0.15) is 11.0 Å². The molecule has 19 heavy (non-hydrogen) atoms. The van der Waals surface area contributed by atoms with Crippen LogP contribution in [-0.4, -0.2) is 48.0 Å². The van der Waals surface area contributed by atoms with Crippen molar-refractivity contribution in [1.82, 2.24) is 20.5 Å². The third-order valence-corrected chi connectivity index (χ3v) is 4.48. The van der Waals surface area contributed by atoms with Gasteiger partial charge in [-0.25, -0.2) is 4.98 Å². The van der Waals surface area contributed by atoms with Crippen molar-refractivity contribution < 1.29 is 4.79 Å². The Hall–Kier alpha value is -0.980. The van der Waals surface area contributed by atoms with Crippen LogP contribution >= 0.6 is 11.3 Å². The van der Waals surface area contributed by atoms with Crippen molar-refractivity contribution in [2.45, 2.75) is 33.4 Å². The lowest BCUT2D eigenvalue weighted by Crippen LogP contribution is -2.57. The highest BCUT2D eigenvalue weighted by atomic mass is 32.1. The molecule has 0 radical (unpaired) electrons. The minimum Gasteiger partial charge on any atom is -0.355 e. The number of rotatable bonds is 4. The molecule has 2 rings (SSSR count). The SMILES string of the molecule is CCNC(=O)C1CNCCN1Cc1nc(C)c(C)s1. The second-order valence-electron chi connectivity index (χ2n) is 4.83. The van der Waals surface area contributed by atoms with Crippen LogP contribution in [0, 0.1) is 13.8 Å². The summed E-state index contributed by atoms with van der Waals surface area (Å²) in [6.45, 7) is 10.1. The summed E-state index contributed by atoms with van der Waals surface area (Å²) in [5.41, 5.74) is 1.10. The summed E-state index contributed by atoms with van der Waals surface area (Å²) in [7, 11) is 0. The molecule has 0 spiro atoms. The summed E-state index contributed by atoms with van der Waals surface area (Å²) in [6, 6.07) is -0.0850. The molecule has 2 heterocycles. The first-order valence-electron chi connectivity index (χ1n) is 6.77. The molecule has 1 saturated heterocycles. The highest BCUT2D eigenvalue weighted by Gasteiger charge is 2.28. The average molecular weight is 282 g/mol. The van der Waals surface area contributed by atoms with E-state index in [1.54, 1.807) is 11.3 Å². The van der Waals surface area contributed by atoms with Crippen LogP contribution in [0.1, 0.15) is 22.5 Å². The van der Waals surface area contributed by atoms with E-state index < -0.39 is 0 Å². The van der Waals surface area contributed by atoms with Gasteiger partial charge in [0.2, 0.25) is 5.91 Å². The van der Waals surface area contributed by atoms with E-state index in [0.717, 1.165) is 36.9 Å². The lowest BCUT2D eigenvalue weighted by molar-refractivity contribution is -0.127. The third kappa shape index (κ3) is 3.52. The molecule has 0 aliphatic carbocycles. The van der Waals surface area contributed by atoms with Gasteiger partial charge in [0.15, 0.2) is 0 Å². The maximum absolute atomic E-state index is 12.1. The normalized spacial score (nSPS) is 20.5. The number of nitrogens with zero attached hydrogens (tertiary/aromatic N) is 2. The van der Waals surface area contributed by atoms with Gasteiger partial charge in [-0.2, -0.15) is 0 Å². The molecule has 1 amide bonds. The van der Waals surface area contributed by atoms with E-state index in [4.69, 9.17) is 0 Å². The molecule has 0 bridgehead atoms. The van der Waals surface area contributed by atoms with E-state index >= 15 is 0 Å². The van der Waals surface area contributed by atoms with Gasteiger partial charge in [-0.1, -0.05) is 0 Å². The zero-order chi connectivity index (χ0) is 13.8. The molecule has 0 saturated carbocycles. The molecule has 5 nitrogen and oxygen atoms in total. The molecule has 1 aliphatic rings. The van der Waals surface area contributed by atoms with Crippen molar-refractivity contribution in [1.29, 1.82) is 0 Å². The van der Waals surface area contributed by atoms with Gasteiger partial charge in [-0.15, -0.1) is 11.3 Å². The van der Waals surface area contributed by atoms with Crippen LogP contribution in [0.15, 0.2) is 0 Å². The van der Waals surface area contributed by atoms with Crippen molar-refractivity contribution in [3.8, 4) is 0 Å². The molecule has 1 fully saturated rings. The quantitative estimate of drug-likeness (QED) is 0.852. The van der Waals surface area contributed by atoms with E-state index in [9.17, 15) is 4.79 Å². The van der Waals surface area contributed by atoms with Crippen LogP contribution in [0.25, 0.3) is 0 Å². The molecule has 1 aromatic rings. The highest BCUT2D eigenvalue weighted by Crippen LogP contribution is 2.19. The van der Waals surface area contributed by atoms with Crippen molar-refractivity contribution in [2.75, 3.05) is 26.2 Å². The molecule has 106 valence electrons. The number of carbonyl (C=O) groups excluding carboxylic acids is 1. The van der Waals surface area contributed by atoms with Crippen LogP contribution < -0.4 is 10.6 Å². The molecule has 6 heteroatoms. The Morgan fingerprint density at radius 2 is 2.37 bits per heavy atom.